The number of likely N-dealkylation sites (tertiary alicyclic amines) is 1. The van der Waals surface area contributed by atoms with E-state index in [9.17, 15) is 0 Å². The second-order valence-corrected chi connectivity index (χ2v) is 5.84. The minimum Gasteiger partial charge on any atom is -0.370 e. The van der Waals surface area contributed by atoms with Crippen molar-refractivity contribution in [3.63, 3.8) is 0 Å². The summed E-state index contributed by atoms with van der Waals surface area (Å²) in [4.78, 5) is 6.91. The molecule has 0 spiro atoms. The van der Waals surface area contributed by atoms with Crippen LogP contribution in [0.5, 0.6) is 0 Å². The summed E-state index contributed by atoms with van der Waals surface area (Å²) < 4.78 is 0. The molecule has 1 aliphatic carbocycles. The van der Waals surface area contributed by atoms with E-state index in [0.717, 1.165) is 6.54 Å². The lowest BCUT2D eigenvalue weighted by molar-refractivity contribution is 0.317. The summed E-state index contributed by atoms with van der Waals surface area (Å²) in [5, 5.41) is 3.41. The Balaban J connectivity index is 0.00000180. The molecule has 0 aromatic rings. The summed E-state index contributed by atoms with van der Waals surface area (Å²) in [7, 11) is 2.18. The van der Waals surface area contributed by atoms with E-state index in [1.165, 1.54) is 57.9 Å². The topological polar surface area (TPSA) is 53.6 Å². The van der Waals surface area contributed by atoms with Crippen LogP contribution >= 0.6 is 24.0 Å². The number of nitrogens with one attached hydrogen (secondary N) is 1. The van der Waals surface area contributed by atoms with Crippen molar-refractivity contribution in [1.29, 1.82) is 0 Å². The van der Waals surface area contributed by atoms with Crippen LogP contribution < -0.4 is 11.1 Å². The van der Waals surface area contributed by atoms with E-state index in [1.807, 2.05) is 0 Å². The van der Waals surface area contributed by atoms with Crippen LogP contribution in [-0.4, -0.2) is 43.1 Å². The minimum absolute atomic E-state index is 0. The van der Waals surface area contributed by atoms with E-state index in [-0.39, 0.29) is 24.0 Å². The van der Waals surface area contributed by atoms with Crippen LogP contribution in [0.3, 0.4) is 0 Å². The van der Waals surface area contributed by atoms with Gasteiger partial charge >= 0.3 is 0 Å². The molecule has 0 amide bonds. The van der Waals surface area contributed by atoms with E-state index < -0.39 is 0 Å². The van der Waals surface area contributed by atoms with Crippen LogP contribution in [0.15, 0.2) is 4.99 Å². The highest BCUT2D eigenvalue weighted by molar-refractivity contribution is 14.0. The molecule has 5 heteroatoms. The van der Waals surface area contributed by atoms with Gasteiger partial charge in [-0.1, -0.05) is 25.7 Å². The molecule has 19 heavy (non-hydrogen) atoms. The van der Waals surface area contributed by atoms with Crippen molar-refractivity contribution in [3.05, 3.63) is 0 Å². The van der Waals surface area contributed by atoms with Gasteiger partial charge in [0.1, 0.15) is 0 Å². The number of hydrogen-bond donors (Lipinski definition) is 2. The lowest BCUT2D eigenvalue weighted by atomic mass is 10.1. The first-order valence-electron chi connectivity index (χ1n) is 7.52. The third-order valence-electron chi connectivity index (χ3n) is 4.35. The van der Waals surface area contributed by atoms with Gasteiger partial charge < -0.3 is 16.0 Å². The number of hydrogen-bond acceptors (Lipinski definition) is 2. The number of aliphatic imine (C=N–C) groups is 1. The van der Waals surface area contributed by atoms with Gasteiger partial charge in [-0.05, 0) is 39.3 Å². The van der Waals surface area contributed by atoms with E-state index in [1.54, 1.807) is 0 Å². The fourth-order valence-corrected chi connectivity index (χ4v) is 3.09. The molecule has 112 valence electrons. The Hall–Kier alpha value is -0.0400. The molecule has 0 aromatic carbocycles. The molecular formula is C14H29IN4. The average Bonchev–Trinajstić information content (AvgIpc) is 2.61. The summed E-state index contributed by atoms with van der Waals surface area (Å²) in [6, 6.07) is 1.15. The Morgan fingerprint density at radius 3 is 2.42 bits per heavy atom. The van der Waals surface area contributed by atoms with Gasteiger partial charge in [0.25, 0.3) is 0 Å². The summed E-state index contributed by atoms with van der Waals surface area (Å²) in [6.45, 7) is 2.05. The van der Waals surface area contributed by atoms with Crippen LogP contribution in [0.1, 0.15) is 51.4 Å². The van der Waals surface area contributed by atoms with Gasteiger partial charge in [0.2, 0.25) is 0 Å². The Labute approximate surface area is 134 Å². The average molecular weight is 380 g/mol. The molecule has 1 heterocycles. The standard InChI is InChI=1S/C14H28N4.HI/c1-18-10-6-9-13(18)11-16-14(15)17-12-7-4-2-3-5-8-12;/h12-13H,2-11H2,1H3,(H3,15,16,17);1H. The largest absolute Gasteiger partial charge is 0.370 e. The number of nitrogens with zero attached hydrogens (tertiary/aromatic N) is 2. The number of likely N-dealkylation sites (N-methyl/N-ethyl adjacent to an activating group) is 1. The number of guanidine groups is 1. The number of nitrogens with two attached hydrogens (primary N) is 1. The number of rotatable bonds is 3. The highest BCUT2D eigenvalue weighted by Gasteiger charge is 2.20. The zero-order valence-corrected chi connectivity index (χ0v) is 14.4. The fraction of sp³-hybridized carbons (Fsp3) is 0.929. The summed E-state index contributed by atoms with van der Waals surface area (Å²) in [6.07, 6.45) is 10.5. The maximum absolute atomic E-state index is 6.00. The lowest BCUT2D eigenvalue weighted by Gasteiger charge is -2.19. The third kappa shape index (κ3) is 5.85. The van der Waals surface area contributed by atoms with Gasteiger partial charge in [-0.25, -0.2) is 0 Å². The molecular weight excluding hydrogens is 351 g/mol. The molecule has 1 atom stereocenters. The highest BCUT2D eigenvalue weighted by atomic mass is 127. The molecule has 1 saturated carbocycles. The van der Waals surface area contributed by atoms with E-state index in [0.29, 0.717) is 18.0 Å². The predicted octanol–water partition coefficient (Wildman–Crippen LogP) is 2.33. The van der Waals surface area contributed by atoms with Gasteiger partial charge in [-0.3, -0.25) is 4.99 Å². The van der Waals surface area contributed by atoms with Gasteiger partial charge in [0.15, 0.2) is 5.96 Å². The summed E-state index contributed by atoms with van der Waals surface area (Å²) in [5.41, 5.74) is 6.00. The Morgan fingerprint density at radius 2 is 1.84 bits per heavy atom. The van der Waals surface area contributed by atoms with Crippen molar-refractivity contribution in [2.45, 2.75) is 63.5 Å². The Morgan fingerprint density at radius 1 is 1.16 bits per heavy atom. The molecule has 1 unspecified atom stereocenters. The predicted molar refractivity (Wildman–Crippen MR) is 92.2 cm³/mol. The quantitative estimate of drug-likeness (QED) is 0.342. The zero-order valence-electron chi connectivity index (χ0n) is 12.1. The Bertz CT molecular complexity index is 275. The minimum atomic E-state index is 0. The van der Waals surface area contributed by atoms with Crippen molar-refractivity contribution in [1.82, 2.24) is 10.2 Å². The van der Waals surface area contributed by atoms with E-state index in [4.69, 9.17) is 5.73 Å². The molecule has 4 nitrogen and oxygen atoms in total. The normalized spacial score (nSPS) is 26.8. The fourth-order valence-electron chi connectivity index (χ4n) is 3.09. The van der Waals surface area contributed by atoms with Gasteiger partial charge in [-0.2, -0.15) is 0 Å². The Kier molecular flexibility index (Phi) is 8.06. The van der Waals surface area contributed by atoms with Crippen molar-refractivity contribution >= 4 is 29.9 Å². The SMILES string of the molecule is CN1CCCC1CN=C(N)NC1CCCCCC1.I. The molecule has 2 aliphatic rings. The maximum atomic E-state index is 6.00. The van der Waals surface area contributed by atoms with Crippen molar-refractivity contribution in [2.24, 2.45) is 10.7 Å². The van der Waals surface area contributed by atoms with Crippen molar-refractivity contribution < 1.29 is 0 Å². The molecule has 1 aliphatic heterocycles. The second kappa shape index (κ2) is 9.00. The maximum Gasteiger partial charge on any atom is 0.188 e. The summed E-state index contributed by atoms with van der Waals surface area (Å²) >= 11 is 0. The van der Waals surface area contributed by atoms with Crippen LogP contribution in [0.2, 0.25) is 0 Å². The van der Waals surface area contributed by atoms with Crippen LogP contribution in [-0.2, 0) is 0 Å². The first-order valence-corrected chi connectivity index (χ1v) is 7.52. The molecule has 3 N–H and O–H groups in total. The van der Waals surface area contributed by atoms with Crippen LogP contribution in [0.4, 0.5) is 0 Å². The second-order valence-electron chi connectivity index (χ2n) is 5.84. The lowest BCUT2D eigenvalue weighted by Crippen LogP contribution is -2.40. The zero-order chi connectivity index (χ0) is 12.8. The van der Waals surface area contributed by atoms with E-state index in [2.05, 4.69) is 22.3 Å². The van der Waals surface area contributed by atoms with Gasteiger partial charge in [0, 0.05) is 12.1 Å². The monoisotopic (exact) mass is 380 g/mol. The molecule has 0 bridgehead atoms. The molecule has 0 radical (unpaired) electrons. The van der Waals surface area contributed by atoms with E-state index >= 15 is 0 Å². The first-order chi connectivity index (χ1) is 8.75. The molecule has 1 saturated heterocycles. The molecule has 2 rings (SSSR count). The van der Waals surface area contributed by atoms with Gasteiger partial charge in [-0.15, -0.1) is 24.0 Å². The van der Waals surface area contributed by atoms with Crippen molar-refractivity contribution in [2.75, 3.05) is 20.1 Å². The first kappa shape index (κ1) is 17.0. The van der Waals surface area contributed by atoms with Crippen LogP contribution in [0, 0.1) is 0 Å². The van der Waals surface area contributed by atoms with Crippen molar-refractivity contribution in [3.8, 4) is 0 Å². The smallest absolute Gasteiger partial charge is 0.188 e. The van der Waals surface area contributed by atoms with Gasteiger partial charge in [0.05, 0.1) is 6.54 Å². The summed E-state index contributed by atoms with van der Waals surface area (Å²) in [5.74, 6) is 0.655. The molecule has 0 aromatic heterocycles. The highest BCUT2D eigenvalue weighted by Crippen LogP contribution is 2.17. The number of halogens is 1. The third-order valence-corrected chi connectivity index (χ3v) is 4.35. The van der Waals surface area contributed by atoms with Crippen LogP contribution in [0.25, 0.3) is 0 Å². The molecule has 2 fully saturated rings.